The summed E-state index contributed by atoms with van der Waals surface area (Å²) in [7, 11) is 0. The van der Waals surface area contributed by atoms with Gasteiger partial charge in [0.2, 0.25) is 0 Å². The molecule has 0 radical (unpaired) electrons. The molecule has 4 nitrogen and oxygen atoms in total. The molecule has 0 aromatic heterocycles. The van der Waals surface area contributed by atoms with E-state index >= 15 is 0 Å². The normalized spacial score (nSPS) is 13.6. The fourth-order valence-electron chi connectivity index (χ4n) is 3.73. The zero-order valence-electron chi connectivity index (χ0n) is 16.4. The fraction of sp³-hybridized carbons (Fsp3) is 0.435. The van der Waals surface area contributed by atoms with E-state index in [1.165, 1.54) is 11.3 Å². The molecule has 3 rings (SSSR count). The predicted octanol–water partition coefficient (Wildman–Crippen LogP) is 4.85. The number of nitrogens with one attached hydrogen (secondary N) is 1. The maximum atomic E-state index is 12.7. The monoisotopic (exact) mass is 365 g/mol. The van der Waals surface area contributed by atoms with Gasteiger partial charge in [0.05, 0.1) is 0 Å². The minimum Gasteiger partial charge on any atom is -0.372 e. The molecule has 2 aromatic carbocycles. The van der Waals surface area contributed by atoms with E-state index < -0.39 is 0 Å². The SMILES string of the molecule is CCN(CCCCNC(=O)N1CCCCc2ccccc21)c1ccccc1. The highest BCUT2D eigenvalue weighted by Crippen LogP contribution is 2.26. The van der Waals surface area contributed by atoms with Gasteiger partial charge in [-0.15, -0.1) is 0 Å². The molecule has 2 amide bonds. The highest BCUT2D eigenvalue weighted by Gasteiger charge is 2.20. The lowest BCUT2D eigenvalue weighted by Crippen LogP contribution is -2.41. The van der Waals surface area contributed by atoms with Crippen LogP contribution in [0.5, 0.6) is 0 Å². The van der Waals surface area contributed by atoms with Crippen LogP contribution in [0.1, 0.15) is 38.2 Å². The average molecular weight is 366 g/mol. The Labute approximate surface area is 163 Å². The Hall–Kier alpha value is -2.49. The first kappa shape index (κ1) is 19.3. The zero-order chi connectivity index (χ0) is 18.9. The van der Waals surface area contributed by atoms with E-state index in [0.717, 1.165) is 64.0 Å². The van der Waals surface area contributed by atoms with E-state index in [1.54, 1.807) is 0 Å². The second kappa shape index (κ2) is 10.0. The lowest BCUT2D eigenvalue weighted by atomic mass is 10.1. The molecule has 27 heavy (non-hydrogen) atoms. The van der Waals surface area contributed by atoms with Gasteiger partial charge in [0.25, 0.3) is 0 Å². The van der Waals surface area contributed by atoms with Crippen LogP contribution in [-0.4, -0.2) is 32.2 Å². The van der Waals surface area contributed by atoms with Gasteiger partial charge < -0.3 is 10.2 Å². The Morgan fingerprint density at radius 3 is 2.63 bits per heavy atom. The first-order chi connectivity index (χ1) is 13.3. The first-order valence-corrected chi connectivity index (χ1v) is 10.2. The second-order valence-corrected chi connectivity index (χ2v) is 7.09. The molecule has 1 heterocycles. The predicted molar refractivity (Wildman–Crippen MR) is 114 cm³/mol. The lowest BCUT2D eigenvalue weighted by molar-refractivity contribution is 0.246. The summed E-state index contributed by atoms with van der Waals surface area (Å²) in [6.45, 7) is 5.74. The third-order valence-corrected chi connectivity index (χ3v) is 5.24. The van der Waals surface area contributed by atoms with Crippen molar-refractivity contribution in [1.29, 1.82) is 0 Å². The topological polar surface area (TPSA) is 35.6 Å². The van der Waals surface area contributed by atoms with Crippen molar-refractivity contribution in [3.05, 3.63) is 60.2 Å². The van der Waals surface area contributed by atoms with Crippen LogP contribution >= 0.6 is 0 Å². The Kier molecular flexibility index (Phi) is 7.14. The smallest absolute Gasteiger partial charge is 0.321 e. The van der Waals surface area contributed by atoms with E-state index in [0.29, 0.717) is 0 Å². The molecule has 0 bridgehead atoms. The summed E-state index contributed by atoms with van der Waals surface area (Å²) >= 11 is 0. The summed E-state index contributed by atoms with van der Waals surface area (Å²) in [5.41, 5.74) is 3.63. The number of para-hydroxylation sites is 2. The molecule has 0 spiro atoms. The van der Waals surface area contributed by atoms with Crippen molar-refractivity contribution in [3.63, 3.8) is 0 Å². The van der Waals surface area contributed by atoms with Crippen LogP contribution in [0, 0.1) is 0 Å². The zero-order valence-corrected chi connectivity index (χ0v) is 16.4. The standard InChI is InChI=1S/C23H31N3O/c1-2-25(21-14-4-3-5-15-21)18-11-9-17-24-23(27)26-19-10-8-13-20-12-6-7-16-22(20)26/h3-7,12,14-16H,2,8-11,13,17-19H2,1H3,(H,24,27). The first-order valence-electron chi connectivity index (χ1n) is 10.2. The van der Waals surface area contributed by atoms with Gasteiger partial charge >= 0.3 is 6.03 Å². The average Bonchev–Trinajstić information content (AvgIpc) is 2.94. The van der Waals surface area contributed by atoms with E-state index in [4.69, 9.17) is 0 Å². The van der Waals surface area contributed by atoms with Gasteiger partial charge in [-0.2, -0.15) is 0 Å². The van der Waals surface area contributed by atoms with Crippen LogP contribution in [0.2, 0.25) is 0 Å². The number of hydrogen-bond donors (Lipinski definition) is 1. The molecular formula is C23H31N3O. The third kappa shape index (κ3) is 5.25. The van der Waals surface area contributed by atoms with E-state index in [-0.39, 0.29) is 6.03 Å². The van der Waals surface area contributed by atoms with Crippen molar-refractivity contribution < 1.29 is 4.79 Å². The highest BCUT2D eigenvalue weighted by molar-refractivity contribution is 5.92. The molecule has 4 heteroatoms. The highest BCUT2D eigenvalue weighted by atomic mass is 16.2. The molecule has 0 unspecified atom stereocenters. The summed E-state index contributed by atoms with van der Waals surface area (Å²) in [6.07, 6.45) is 5.33. The summed E-state index contributed by atoms with van der Waals surface area (Å²) in [5, 5.41) is 3.12. The molecule has 0 saturated heterocycles. The Morgan fingerprint density at radius 1 is 1.04 bits per heavy atom. The fourth-order valence-corrected chi connectivity index (χ4v) is 3.73. The van der Waals surface area contributed by atoms with Gasteiger partial charge in [-0.25, -0.2) is 4.79 Å². The summed E-state index contributed by atoms with van der Waals surface area (Å²) < 4.78 is 0. The number of unbranched alkanes of at least 4 members (excludes halogenated alkanes) is 1. The van der Waals surface area contributed by atoms with Gasteiger partial charge in [0.15, 0.2) is 0 Å². The summed E-state index contributed by atoms with van der Waals surface area (Å²) in [4.78, 5) is 17.0. The molecule has 1 N–H and O–H groups in total. The quantitative estimate of drug-likeness (QED) is 0.712. The number of amides is 2. The molecule has 1 aliphatic rings. The Bertz CT molecular complexity index is 717. The largest absolute Gasteiger partial charge is 0.372 e. The van der Waals surface area contributed by atoms with E-state index in [2.05, 4.69) is 59.6 Å². The van der Waals surface area contributed by atoms with Crippen molar-refractivity contribution in [3.8, 4) is 0 Å². The van der Waals surface area contributed by atoms with Crippen LogP contribution in [0.25, 0.3) is 0 Å². The van der Waals surface area contributed by atoms with Gasteiger partial charge in [-0.05, 0) is 62.8 Å². The van der Waals surface area contributed by atoms with Crippen LogP contribution < -0.4 is 15.1 Å². The molecule has 144 valence electrons. The molecule has 0 fully saturated rings. The number of hydrogen-bond acceptors (Lipinski definition) is 2. The van der Waals surface area contributed by atoms with Crippen LogP contribution in [0.4, 0.5) is 16.2 Å². The van der Waals surface area contributed by atoms with Gasteiger partial charge in [-0.3, -0.25) is 4.90 Å². The number of urea groups is 1. The number of nitrogens with zero attached hydrogens (tertiary/aromatic N) is 2. The molecule has 0 saturated carbocycles. The molecule has 0 atom stereocenters. The number of fused-ring (bicyclic) bond motifs is 1. The maximum Gasteiger partial charge on any atom is 0.321 e. The van der Waals surface area contributed by atoms with Crippen LogP contribution in [0.15, 0.2) is 54.6 Å². The number of aryl methyl sites for hydroxylation is 1. The molecular weight excluding hydrogens is 334 g/mol. The summed E-state index contributed by atoms with van der Waals surface area (Å²) in [5.74, 6) is 0. The number of carbonyl (C=O) groups excluding carboxylic acids is 1. The lowest BCUT2D eigenvalue weighted by Gasteiger charge is -2.24. The van der Waals surface area contributed by atoms with E-state index in [1.807, 2.05) is 17.0 Å². The van der Waals surface area contributed by atoms with Crippen molar-refractivity contribution in [2.75, 3.05) is 36.0 Å². The van der Waals surface area contributed by atoms with E-state index in [9.17, 15) is 4.79 Å². The number of rotatable bonds is 7. The molecule has 0 aliphatic carbocycles. The van der Waals surface area contributed by atoms with Gasteiger partial charge in [0.1, 0.15) is 0 Å². The number of carbonyl (C=O) groups is 1. The maximum absolute atomic E-state index is 12.7. The minimum absolute atomic E-state index is 0.0414. The second-order valence-electron chi connectivity index (χ2n) is 7.09. The summed E-state index contributed by atoms with van der Waals surface area (Å²) in [6, 6.07) is 18.9. The van der Waals surface area contributed by atoms with Crippen molar-refractivity contribution in [2.45, 2.75) is 39.0 Å². The van der Waals surface area contributed by atoms with Crippen molar-refractivity contribution in [2.24, 2.45) is 0 Å². The Balaban J connectivity index is 1.45. The van der Waals surface area contributed by atoms with Gasteiger partial charge in [-0.1, -0.05) is 36.4 Å². The third-order valence-electron chi connectivity index (χ3n) is 5.24. The number of benzene rings is 2. The number of anilines is 2. The van der Waals surface area contributed by atoms with Crippen molar-refractivity contribution >= 4 is 17.4 Å². The Morgan fingerprint density at radius 2 is 1.81 bits per heavy atom. The molecule has 1 aliphatic heterocycles. The van der Waals surface area contributed by atoms with Crippen LogP contribution in [-0.2, 0) is 6.42 Å². The van der Waals surface area contributed by atoms with Gasteiger partial charge in [0, 0.05) is 37.6 Å². The molecule has 2 aromatic rings. The van der Waals surface area contributed by atoms with Crippen LogP contribution in [0.3, 0.4) is 0 Å². The van der Waals surface area contributed by atoms with Crippen molar-refractivity contribution in [1.82, 2.24) is 5.32 Å². The minimum atomic E-state index is 0.0414.